The minimum atomic E-state index is -0.0191. The summed E-state index contributed by atoms with van der Waals surface area (Å²) in [5.74, 6) is 1.04. The molecule has 1 aliphatic rings. The molecule has 1 aliphatic carbocycles. The van der Waals surface area contributed by atoms with Crippen LogP contribution in [0.15, 0.2) is 18.3 Å². The van der Waals surface area contributed by atoms with Gasteiger partial charge in [0.15, 0.2) is 0 Å². The molecule has 0 bridgehead atoms. The maximum absolute atomic E-state index is 12.3. The molecule has 0 radical (unpaired) electrons. The molecule has 4 nitrogen and oxygen atoms in total. The fourth-order valence-corrected chi connectivity index (χ4v) is 1.99. The molecule has 1 amide bonds. The lowest BCUT2D eigenvalue weighted by molar-refractivity contribution is 0.0723. The van der Waals surface area contributed by atoms with Gasteiger partial charge in [-0.2, -0.15) is 0 Å². The molecule has 17 heavy (non-hydrogen) atoms. The summed E-state index contributed by atoms with van der Waals surface area (Å²) in [6.07, 6.45) is 4.08. The average Bonchev–Trinajstić information content (AvgIpc) is 3.20. The number of aromatic nitrogens is 1. The van der Waals surface area contributed by atoms with E-state index < -0.39 is 0 Å². The second-order valence-electron chi connectivity index (χ2n) is 4.55. The number of ether oxygens (including phenoxy) is 1. The van der Waals surface area contributed by atoms with Crippen molar-refractivity contribution in [3.05, 3.63) is 23.9 Å². The molecule has 0 aromatic carbocycles. The highest BCUT2D eigenvalue weighted by Crippen LogP contribution is 2.35. The molecule has 1 saturated carbocycles. The molecular weight excluding hydrogens is 216 g/mol. The van der Waals surface area contributed by atoms with Crippen molar-refractivity contribution < 1.29 is 9.53 Å². The van der Waals surface area contributed by atoms with E-state index in [-0.39, 0.29) is 11.9 Å². The van der Waals surface area contributed by atoms with Crippen molar-refractivity contribution in [2.75, 3.05) is 14.2 Å². The number of amides is 1. The number of carbonyl (C=O) groups is 1. The smallest absolute Gasteiger partial charge is 0.259 e. The zero-order valence-electron chi connectivity index (χ0n) is 10.5. The highest BCUT2D eigenvalue weighted by molar-refractivity contribution is 5.96. The van der Waals surface area contributed by atoms with Crippen molar-refractivity contribution in [2.24, 2.45) is 5.92 Å². The molecule has 92 valence electrons. The van der Waals surface area contributed by atoms with Gasteiger partial charge in [0.1, 0.15) is 5.56 Å². The van der Waals surface area contributed by atoms with Gasteiger partial charge in [0.05, 0.1) is 7.11 Å². The van der Waals surface area contributed by atoms with E-state index in [9.17, 15) is 4.79 Å². The Bertz CT molecular complexity index is 416. The first-order chi connectivity index (χ1) is 8.15. The summed E-state index contributed by atoms with van der Waals surface area (Å²) >= 11 is 0. The first kappa shape index (κ1) is 11.9. The number of nitrogens with zero attached hydrogens (tertiary/aromatic N) is 2. The highest BCUT2D eigenvalue weighted by Gasteiger charge is 2.33. The number of methoxy groups -OCH3 is 1. The van der Waals surface area contributed by atoms with Gasteiger partial charge in [-0.1, -0.05) is 0 Å². The van der Waals surface area contributed by atoms with Crippen LogP contribution in [-0.2, 0) is 0 Å². The van der Waals surface area contributed by atoms with Gasteiger partial charge in [0.25, 0.3) is 5.91 Å². The van der Waals surface area contributed by atoms with E-state index in [4.69, 9.17) is 4.74 Å². The van der Waals surface area contributed by atoms with Gasteiger partial charge in [-0.15, -0.1) is 0 Å². The second kappa shape index (κ2) is 4.73. The van der Waals surface area contributed by atoms with Gasteiger partial charge < -0.3 is 9.64 Å². The predicted molar refractivity (Wildman–Crippen MR) is 65.1 cm³/mol. The van der Waals surface area contributed by atoms with Crippen LogP contribution in [0.1, 0.15) is 30.1 Å². The number of carbonyl (C=O) groups excluding carboxylic acids is 1. The number of hydrogen-bond donors (Lipinski definition) is 0. The number of hydrogen-bond acceptors (Lipinski definition) is 3. The van der Waals surface area contributed by atoms with Crippen LogP contribution in [0.25, 0.3) is 0 Å². The Morgan fingerprint density at radius 1 is 1.59 bits per heavy atom. The molecule has 4 heteroatoms. The minimum Gasteiger partial charge on any atom is -0.480 e. The SMILES string of the molecule is COc1ncccc1C(=O)N(C)C(C)C1CC1. The molecule has 2 rings (SSSR count). The molecule has 1 atom stereocenters. The van der Waals surface area contributed by atoms with Crippen molar-refractivity contribution >= 4 is 5.91 Å². The fraction of sp³-hybridized carbons (Fsp3) is 0.538. The van der Waals surface area contributed by atoms with Gasteiger partial charge in [-0.05, 0) is 37.8 Å². The monoisotopic (exact) mass is 234 g/mol. The van der Waals surface area contributed by atoms with Crippen molar-refractivity contribution in [1.82, 2.24) is 9.88 Å². The van der Waals surface area contributed by atoms with Crippen molar-refractivity contribution in [2.45, 2.75) is 25.8 Å². The summed E-state index contributed by atoms with van der Waals surface area (Å²) < 4.78 is 5.11. The van der Waals surface area contributed by atoms with E-state index >= 15 is 0 Å². The summed E-state index contributed by atoms with van der Waals surface area (Å²) in [4.78, 5) is 18.1. The molecule has 0 saturated heterocycles. The van der Waals surface area contributed by atoms with E-state index in [1.54, 1.807) is 23.2 Å². The topological polar surface area (TPSA) is 42.4 Å². The van der Waals surface area contributed by atoms with E-state index in [1.165, 1.54) is 20.0 Å². The van der Waals surface area contributed by atoms with E-state index in [0.29, 0.717) is 17.4 Å². The minimum absolute atomic E-state index is 0.0191. The van der Waals surface area contributed by atoms with Crippen LogP contribution in [0.3, 0.4) is 0 Å². The van der Waals surface area contributed by atoms with Gasteiger partial charge in [-0.25, -0.2) is 4.98 Å². The normalized spacial score (nSPS) is 16.4. The van der Waals surface area contributed by atoms with Crippen LogP contribution < -0.4 is 4.74 Å². The summed E-state index contributed by atoms with van der Waals surface area (Å²) in [5, 5.41) is 0. The van der Waals surface area contributed by atoms with Crippen LogP contribution in [0.4, 0.5) is 0 Å². The molecule has 1 aromatic heterocycles. The van der Waals surface area contributed by atoms with Gasteiger partial charge in [0, 0.05) is 19.3 Å². The quantitative estimate of drug-likeness (QED) is 0.799. The van der Waals surface area contributed by atoms with Crippen LogP contribution in [0.2, 0.25) is 0 Å². The molecule has 0 spiro atoms. The molecular formula is C13H18N2O2. The third-order valence-corrected chi connectivity index (χ3v) is 3.43. The maximum atomic E-state index is 12.3. The summed E-state index contributed by atoms with van der Waals surface area (Å²) in [7, 11) is 3.38. The van der Waals surface area contributed by atoms with E-state index in [2.05, 4.69) is 11.9 Å². The Hall–Kier alpha value is -1.58. The number of rotatable bonds is 4. The number of pyridine rings is 1. The Morgan fingerprint density at radius 3 is 2.88 bits per heavy atom. The highest BCUT2D eigenvalue weighted by atomic mass is 16.5. The van der Waals surface area contributed by atoms with Crippen molar-refractivity contribution in [3.8, 4) is 5.88 Å². The van der Waals surface area contributed by atoms with Gasteiger partial charge in [-0.3, -0.25) is 4.79 Å². The Balaban J connectivity index is 2.17. The van der Waals surface area contributed by atoms with E-state index in [0.717, 1.165) is 0 Å². The Morgan fingerprint density at radius 2 is 2.29 bits per heavy atom. The van der Waals surface area contributed by atoms with Crippen LogP contribution in [0.5, 0.6) is 5.88 Å². The molecule has 0 aliphatic heterocycles. The van der Waals surface area contributed by atoms with Crippen LogP contribution in [0, 0.1) is 5.92 Å². The van der Waals surface area contributed by atoms with Gasteiger partial charge in [0.2, 0.25) is 5.88 Å². The molecule has 1 aromatic rings. The third-order valence-electron chi connectivity index (χ3n) is 3.43. The molecule has 1 heterocycles. The fourth-order valence-electron chi connectivity index (χ4n) is 1.99. The summed E-state index contributed by atoms with van der Waals surface area (Å²) in [6.45, 7) is 2.10. The first-order valence-electron chi connectivity index (χ1n) is 5.91. The summed E-state index contributed by atoms with van der Waals surface area (Å²) in [6, 6.07) is 3.79. The van der Waals surface area contributed by atoms with Gasteiger partial charge >= 0.3 is 0 Å². The zero-order chi connectivity index (χ0) is 12.4. The maximum Gasteiger partial charge on any atom is 0.259 e. The predicted octanol–water partition coefficient (Wildman–Crippen LogP) is 1.96. The molecule has 0 N–H and O–H groups in total. The zero-order valence-corrected chi connectivity index (χ0v) is 10.5. The van der Waals surface area contributed by atoms with Crippen molar-refractivity contribution in [3.63, 3.8) is 0 Å². The average molecular weight is 234 g/mol. The standard InChI is InChI=1S/C13H18N2O2/c1-9(10-6-7-10)15(2)13(16)11-5-4-8-14-12(11)17-3/h4-5,8-10H,6-7H2,1-3H3. The second-order valence-corrected chi connectivity index (χ2v) is 4.55. The van der Waals surface area contributed by atoms with Crippen LogP contribution >= 0.6 is 0 Å². The molecule has 1 fully saturated rings. The largest absolute Gasteiger partial charge is 0.480 e. The van der Waals surface area contributed by atoms with Crippen LogP contribution in [-0.4, -0.2) is 36.0 Å². The third kappa shape index (κ3) is 2.40. The van der Waals surface area contributed by atoms with Crippen molar-refractivity contribution in [1.29, 1.82) is 0 Å². The first-order valence-corrected chi connectivity index (χ1v) is 5.91. The van der Waals surface area contributed by atoms with E-state index in [1.807, 2.05) is 7.05 Å². The summed E-state index contributed by atoms with van der Waals surface area (Å²) in [5.41, 5.74) is 0.532. The Kier molecular flexibility index (Phi) is 3.31. The lowest BCUT2D eigenvalue weighted by Gasteiger charge is -2.25. The Labute approximate surface area is 102 Å². The lowest BCUT2D eigenvalue weighted by Crippen LogP contribution is -2.36. The lowest BCUT2D eigenvalue weighted by atomic mass is 10.1. The molecule has 1 unspecified atom stereocenters.